The van der Waals surface area contributed by atoms with Gasteiger partial charge in [-0.1, -0.05) is 6.42 Å². The summed E-state index contributed by atoms with van der Waals surface area (Å²) in [5.74, 6) is 0.200. The molecule has 5 rings (SSSR count). The molecule has 2 aromatic carbocycles. The van der Waals surface area contributed by atoms with Crippen LogP contribution in [0.3, 0.4) is 0 Å². The van der Waals surface area contributed by atoms with E-state index in [0.29, 0.717) is 57.1 Å². The summed E-state index contributed by atoms with van der Waals surface area (Å²) in [5.41, 5.74) is 1.36. The maximum atomic E-state index is 12.9. The van der Waals surface area contributed by atoms with Gasteiger partial charge in [0.1, 0.15) is 4.75 Å². The van der Waals surface area contributed by atoms with E-state index in [1.165, 1.54) is 26.5 Å². The molecule has 0 radical (unpaired) electrons. The Morgan fingerprint density at radius 1 is 1.16 bits per heavy atom. The molecule has 0 aliphatic heterocycles. The zero-order valence-electron chi connectivity index (χ0n) is 17.1. The number of methoxy groups -OCH3 is 2. The van der Waals surface area contributed by atoms with E-state index in [-0.39, 0.29) is 18.3 Å². The number of ether oxygens (including phenoxy) is 2. The fourth-order valence-electron chi connectivity index (χ4n) is 5.75. The van der Waals surface area contributed by atoms with Crippen LogP contribution in [0.1, 0.15) is 36.5 Å². The highest BCUT2D eigenvalue weighted by molar-refractivity contribution is 7.87. The van der Waals surface area contributed by atoms with Gasteiger partial charge in [0.2, 0.25) is 0 Å². The first-order chi connectivity index (χ1) is 14.7. The molecule has 0 amide bonds. The van der Waals surface area contributed by atoms with E-state index < -0.39 is 26.9 Å². The number of aromatic amines is 1. The lowest BCUT2D eigenvalue weighted by molar-refractivity contribution is 0.0812. The third kappa shape index (κ3) is 2.60. The number of nitrogens with one attached hydrogen (secondary N) is 1. The van der Waals surface area contributed by atoms with Crippen LogP contribution in [0.4, 0.5) is 0 Å². The molecule has 1 saturated carbocycles. The van der Waals surface area contributed by atoms with E-state index in [1.54, 1.807) is 12.1 Å². The Morgan fingerprint density at radius 3 is 2.48 bits per heavy atom. The molecule has 31 heavy (non-hydrogen) atoms. The van der Waals surface area contributed by atoms with Crippen molar-refractivity contribution in [1.29, 1.82) is 0 Å². The number of pyridine rings is 1. The zero-order chi connectivity index (χ0) is 22.1. The molecular weight excluding hydrogens is 422 g/mol. The number of benzene rings is 2. The monoisotopic (exact) mass is 445 g/mol. The van der Waals surface area contributed by atoms with Crippen molar-refractivity contribution in [2.24, 2.45) is 5.92 Å². The summed E-state index contributed by atoms with van der Waals surface area (Å²) in [7, 11) is -1.46. The summed E-state index contributed by atoms with van der Waals surface area (Å²) in [6.45, 7) is 0. The first-order valence-corrected chi connectivity index (χ1v) is 11.5. The van der Waals surface area contributed by atoms with E-state index in [1.807, 2.05) is 0 Å². The molecule has 8 nitrogen and oxygen atoms in total. The van der Waals surface area contributed by atoms with Crippen LogP contribution in [0.5, 0.6) is 11.5 Å². The molecular formula is C22H23NO7S. The molecule has 2 aliphatic rings. The second-order valence-electron chi connectivity index (χ2n) is 8.40. The first-order valence-electron chi connectivity index (χ1n) is 10.1. The topological polar surface area (TPSA) is 126 Å². The number of rotatable bonds is 3. The number of hydrogen-bond acceptors (Lipinski definition) is 6. The van der Waals surface area contributed by atoms with Crippen LogP contribution in [-0.4, -0.2) is 42.0 Å². The summed E-state index contributed by atoms with van der Waals surface area (Å²) >= 11 is 0. The molecule has 0 spiro atoms. The van der Waals surface area contributed by atoms with Crippen LogP contribution in [-0.2, 0) is 16.5 Å². The van der Waals surface area contributed by atoms with Gasteiger partial charge in [0, 0.05) is 23.7 Å². The lowest BCUT2D eigenvalue weighted by Gasteiger charge is -2.41. The number of hydrogen-bond donors (Lipinski definition) is 3. The molecule has 3 atom stereocenters. The van der Waals surface area contributed by atoms with Gasteiger partial charge in [-0.2, -0.15) is 8.42 Å². The number of aliphatic hydroxyl groups is 1. The van der Waals surface area contributed by atoms with Gasteiger partial charge in [-0.3, -0.25) is 9.35 Å². The molecule has 1 aromatic heterocycles. The fourth-order valence-corrected chi connectivity index (χ4v) is 7.11. The normalized spacial score (nSPS) is 25.4. The van der Waals surface area contributed by atoms with Crippen molar-refractivity contribution in [2.75, 3.05) is 14.2 Å². The summed E-state index contributed by atoms with van der Waals surface area (Å²) in [6, 6.07) is 4.82. The van der Waals surface area contributed by atoms with Crippen molar-refractivity contribution in [3.63, 3.8) is 0 Å². The Kier molecular flexibility index (Phi) is 4.38. The maximum absolute atomic E-state index is 12.9. The number of aromatic nitrogens is 1. The van der Waals surface area contributed by atoms with Crippen molar-refractivity contribution in [3.05, 3.63) is 45.7 Å². The Labute approximate surface area is 178 Å². The third-order valence-corrected chi connectivity index (χ3v) is 8.81. The highest BCUT2D eigenvalue weighted by Crippen LogP contribution is 2.56. The van der Waals surface area contributed by atoms with Gasteiger partial charge in [0.05, 0.1) is 31.2 Å². The SMILES string of the molecule is COc1cc2c3c(c4[nH]ccc(=O)c4c2cc1OC)[C@@H](O)[C@@H]1CCCC1(S(=O)(=O)O)C3. The highest BCUT2D eigenvalue weighted by Gasteiger charge is 2.58. The molecule has 3 aromatic rings. The van der Waals surface area contributed by atoms with Crippen molar-refractivity contribution >= 4 is 31.8 Å². The van der Waals surface area contributed by atoms with Crippen molar-refractivity contribution < 1.29 is 27.6 Å². The standard InChI is InChI=1S/C22H23NO7S/c1-29-16-8-11-12(9-17(16)30-2)18-15(24)5-7-23-20(18)19-13(11)10-22(31(26,27)28)6-3-4-14(22)21(19)25/h5,7-9,14,21,25H,3-4,6,10H2,1-2H3,(H,23,24)(H,26,27,28)/t14-,21-,22?/m0/s1. The summed E-state index contributed by atoms with van der Waals surface area (Å²) < 4.78 is 44.8. The van der Waals surface area contributed by atoms with Crippen LogP contribution in [0.15, 0.2) is 29.2 Å². The molecule has 1 heterocycles. The van der Waals surface area contributed by atoms with Crippen molar-refractivity contribution in [1.82, 2.24) is 4.98 Å². The Bertz CT molecular complexity index is 1390. The van der Waals surface area contributed by atoms with E-state index in [0.717, 1.165) is 0 Å². The second kappa shape index (κ2) is 6.69. The second-order valence-corrected chi connectivity index (χ2v) is 10.2. The van der Waals surface area contributed by atoms with E-state index in [4.69, 9.17) is 9.47 Å². The van der Waals surface area contributed by atoms with Crippen LogP contribution < -0.4 is 14.9 Å². The molecule has 0 bridgehead atoms. The number of H-pyrrole nitrogens is 1. The largest absolute Gasteiger partial charge is 0.493 e. The van der Waals surface area contributed by atoms with Crippen LogP contribution in [0, 0.1) is 5.92 Å². The molecule has 9 heteroatoms. The van der Waals surface area contributed by atoms with Gasteiger partial charge >= 0.3 is 0 Å². The quantitative estimate of drug-likeness (QED) is 0.418. The van der Waals surface area contributed by atoms with Crippen molar-refractivity contribution in [2.45, 2.75) is 36.5 Å². The van der Waals surface area contributed by atoms with E-state index >= 15 is 0 Å². The zero-order valence-corrected chi connectivity index (χ0v) is 18.0. The fraction of sp³-hybridized carbons (Fsp3) is 0.409. The predicted octanol–water partition coefficient (Wildman–Crippen LogP) is 2.71. The van der Waals surface area contributed by atoms with Crippen molar-refractivity contribution in [3.8, 4) is 11.5 Å². The summed E-state index contributed by atoms with van der Waals surface area (Å²) in [4.78, 5) is 16.0. The van der Waals surface area contributed by atoms with Gasteiger partial charge in [0.25, 0.3) is 10.1 Å². The third-order valence-electron chi connectivity index (χ3n) is 7.13. The summed E-state index contributed by atoms with van der Waals surface area (Å²) in [5, 5.41) is 13.0. The van der Waals surface area contributed by atoms with Crippen LogP contribution in [0.25, 0.3) is 21.7 Å². The van der Waals surface area contributed by atoms with Gasteiger partial charge in [-0.05, 0) is 47.7 Å². The van der Waals surface area contributed by atoms with Gasteiger partial charge in [-0.25, -0.2) is 0 Å². The summed E-state index contributed by atoms with van der Waals surface area (Å²) in [6.07, 6.45) is 1.74. The Hall–Kier alpha value is -2.62. The minimum absolute atomic E-state index is 0.0434. The van der Waals surface area contributed by atoms with Gasteiger partial charge in [-0.15, -0.1) is 0 Å². The minimum Gasteiger partial charge on any atom is -0.493 e. The lowest BCUT2D eigenvalue weighted by atomic mass is 9.72. The number of aliphatic hydroxyl groups excluding tert-OH is 1. The van der Waals surface area contributed by atoms with Gasteiger partial charge in [0.15, 0.2) is 16.9 Å². The highest BCUT2D eigenvalue weighted by atomic mass is 32.2. The number of fused-ring (bicyclic) bond motifs is 7. The average Bonchev–Trinajstić information content (AvgIpc) is 3.18. The smallest absolute Gasteiger partial charge is 0.271 e. The van der Waals surface area contributed by atoms with Gasteiger partial charge < -0.3 is 19.6 Å². The van der Waals surface area contributed by atoms with E-state index in [9.17, 15) is 22.9 Å². The molecule has 0 saturated heterocycles. The predicted molar refractivity (Wildman–Crippen MR) is 115 cm³/mol. The van der Waals surface area contributed by atoms with E-state index in [2.05, 4.69) is 4.98 Å². The van der Waals surface area contributed by atoms with Crippen LogP contribution in [0.2, 0.25) is 0 Å². The maximum Gasteiger partial charge on any atom is 0.271 e. The molecule has 164 valence electrons. The average molecular weight is 445 g/mol. The first kappa shape index (κ1) is 20.3. The molecule has 3 N–H and O–H groups in total. The molecule has 1 fully saturated rings. The Balaban J connectivity index is 1.98. The van der Waals surface area contributed by atoms with Crippen LogP contribution >= 0.6 is 0 Å². The lowest BCUT2D eigenvalue weighted by Crippen LogP contribution is -2.49. The Morgan fingerprint density at radius 2 is 1.84 bits per heavy atom. The molecule has 1 unspecified atom stereocenters. The molecule has 2 aliphatic carbocycles. The minimum atomic E-state index is -4.45.